The Kier molecular flexibility index (Phi) is 13.4. The van der Waals surface area contributed by atoms with Gasteiger partial charge in [0.15, 0.2) is 0 Å². The second-order valence-electron chi connectivity index (χ2n) is 13.2. The van der Waals surface area contributed by atoms with Crippen LogP contribution in [0.4, 0.5) is 9.80 Å². The lowest BCUT2D eigenvalue weighted by molar-refractivity contribution is -0.381. The fourth-order valence-electron chi connectivity index (χ4n) is 6.17. The third-order valence-corrected chi connectivity index (χ3v) is 11.4. The molecule has 0 bridgehead atoms. The summed E-state index contributed by atoms with van der Waals surface area (Å²) in [6.45, 7) is 7.82. The van der Waals surface area contributed by atoms with E-state index in [2.05, 4.69) is 5.32 Å². The Morgan fingerprint density at radius 1 is 1.04 bits per heavy atom. The van der Waals surface area contributed by atoms with E-state index in [1.54, 1.807) is 17.5 Å². The van der Waals surface area contributed by atoms with Gasteiger partial charge in [-0.2, -0.15) is 4.31 Å². The Morgan fingerprint density at radius 2 is 1.71 bits per heavy atom. The number of carbonyl (C=O) groups is 2. The van der Waals surface area contributed by atoms with E-state index in [-0.39, 0.29) is 66.6 Å². The monoisotopic (exact) mass is 745 g/mol. The Morgan fingerprint density at radius 3 is 2.27 bits per heavy atom. The summed E-state index contributed by atoms with van der Waals surface area (Å²) in [7, 11) is -1.21. The lowest BCUT2D eigenvalue weighted by Gasteiger charge is -2.34. The van der Waals surface area contributed by atoms with Crippen molar-refractivity contribution in [1.29, 1.82) is 0 Å². The standard InChI is InChI=1S/C35H47N5O9S2/c1-23(2)19-38(51(46,47)28-14-12-27(48-5)13-15-28)21-30(41)29(18-25-10-8-7-9-11-25)36-33(42)31(24(3)4)39-17-16-37(35(39)43)20-26-22-50-34(40(44)45)32(26)49-6/h7-15,22-24,29-31,41H,16-21H2,1-6H3,(H,36,42)/t29-,30+,31?/m0/s1. The molecule has 3 aromatic rings. The van der Waals surface area contributed by atoms with Crippen LogP contribution in [0.5, 0.6) is 11.5 Å². The van der Waals surface area contributed by atoms with Gasteiger partial charge in [-0.1, -0.05) is 69.4 Å². The molecule has 3 atom stereocenters. The van der Waals surface area contributed by atoms with Crippen LogP contribution in [0.3, 0.4) is 0 Å². The van der Waals surface area contributed by atoms with Crippen molar-refractivity contribution in [3.05, 3.63) is 81.2 Å². The van der Waals surface area contributed by atoms with E-state index in [4.69, 9.17) is 9.47 Å². The lowest BCUT2D eigenvalue weighted by atomic mass is 9.97. The highest BCUT2D eigenvalue weighted by molar-refractivity contribution is 7.89. The first-order valence-corrected chi connectivity index (χ1v) is 19.0. The molecule has 1 aliphatic rings. The third-order valence-electron chi connectivity index (χ3n) is 8.64. The number of carbonyl (C=O) groups excluding carboxylic acids is 2. The van der Waals surface area contributed by atoms with Crippen LogP contribution in [0.15, 0.2) is 64.9 Å². The van der Waals surface area contributed by atoms with Gasteiger partial charge >= 0.3 is 11.0 Å². The molecule has 16 heteroatoms. The summed E-state index contributed by atoms with van der Waals surface area (Å²) in [5.74, 6) is -0.273. The number of urea groups is 1. The van der Waals surface area contributed by atoms with E-state index in [1.807, 2.05) is 58.0 Å². The van der Waals surface area contributed by atoms with Crippen LogP contribution >= 0.6 is 11.3 Å². The smallest absolute Gasteiger partial charge is 0.366 e. The first-order chi connectivity index (χ1) is 24.2. The van der Waals surface area contributed by atoms with E-state index in [0.717, 1.165) is 16.9 Å². The maximum atomic E-state index is 14.1. The molecule has 278 valence electrons. The molecule has 1 fully saturated rings. The minimum atomic E-state index is -4.04. The number of amides is 3. The van der Waals surface area contributed by atoms with E-state index in [1.165, 1.54) is 40.5 Å². The van der Waals surface area contributed by atoms with Gasteiger partial charge in [0.25, 0.3) is 0 Å². The van der Waals surface area contributed by atoms with Crippen molar-refractivity contribution in [1.82, 2.24) is 19.4 Å². The molecule has 51 heavy (non-hydrogen) atoms. The summed E-state index contributed by atoms with van der Waals surface area (Å²) in [4.78, 5) is 41.8. The summed E-state index contributed by atoms with van der Waals surface area (Å²) in [6, 6.07) is 13.0. The van der Waals surface area contributed by atoms with Crippen molar-refractivity contribution in [2.24, 2.45) is 11.8 Å². The molecular formula is C35H47N5O9S2. The van der Waals surface area contributed by atoms with Gasteiger partial charge in [0.2, 0.25) is 21.7 Å². The van der Waals surface area contributed by atoms with Gasteiger partial charge in [-0.3, -0.25) is 14.9 Å². The van der Waals surface area contributed by atoms with Crippen LogP contribution in [-0.4, -0.2) is 103 Å². The Labute approximate surface area is 303 Å². The van der Waals surface area contributed by atoms with Crippen LogP contribution in [0.1, 0.15) is 38.8 Å². The first kappa shape index (κ1) is 39.5. The van der Waals surface area contributed by atoms with Crippen molar-refractivity contribution < 1.29 is 37.5 Å². The van der Waals surface area contributed by atoms with Crippen LogP contribution in [0.25, 0.3) is 0 Å². The number of hydrogen-bond donors (Lipinski definition) is 2. The molecule has 4 rings (SSSR count). The molecule has 0 saturated carbocycles. The van der Waals surface area contributed by atoms with Crippen molar-refractivity contribution >= 4 is 38.3 Å². The second-order valence-corrected chi connectivity index (χ2v) is 16.0. The number of sulfonamides is 1. The van der Waals surface area contributed by atoms with E-state index >= 15 is 0 Å². The average Bonchev–Trinajstić information content (AvgIpc) is 3.67. The van der Waals surface area contributed by atoms with E-state index < -0.39 is 45.1 Å². The van der Waals surface area contributed by atoms with Crippen LogP contribution in [0, 0.1) is 22.0 Å². The molecule has 1 aromatic heterocycles. The number of nitrogens with one attached hydrogen (secondary N) is 1. The molecule has 1 saturated heterocycles. The minimum absolute atomic E-state index is 0.0476. The Balaban J connectivity index is 1.57. The first-order valence-electron chi connectivity index (χ1n) is 16.7. The van der Waals surface area contributed by atoms with Crippen molar-refractivity contribution in [2.75, 3.05) is 40.4 Å². The summed E-state index contributed by atoms with van der Waals surface area (Å²) in [5.41, 5.74) is 1.31. The predicted molar refractivity (Wildman–Crippen MR) is 193 cm³/mol. The number of ether oxygens (including phenoxy) is 2. The fourth-order valence-corrected chi connectivity index (χ4v) is 8.64. The third kappa shape index (κ3) is 9.55. The number of rotatable bonds is 18. The van der Waals surface area contributed by atoms with Crippen molar-refractivity contribution in [3.8, 4) is 11.5 Å². The molecule has 0 spiro atoms. The number of thiophene rings is 1. The van der Waals surface area contributed by atoms with Gasteiger partial charge in [-0.25, -0.2) is 13.2 Å². The number of aliphatic hydroxyl groups is 1. The average molecular weight is 746 g/mol. The number of benzene rings is 2. The van der Waals surface area contributed by atoms with Crippen LogP contribution in [0.2, 0.25) is 0 Å². The molecule has 1 unspecified atom stereocenters. The maximum absolute atomic E-state index is 14.1. The molecule has 3 amide bonds. The van der Waals surface area contributed by atoms with Gasteiger partial charge < -0.3 is 29.7 Å². The van der Waals surface area contributed by atoms with Crippen molar-refractivity contribution in [3.63, 3.8) is 0 Å². The van der Waals surface area contributed by atoms with Gasteiger partial charge in [0.05, 0.1) is 42.7 Å². The lowest BCUT2D eigenvalue weighted by Crippen LogP contribution is -2.57. The highest BCUT2D eigenvalue weighted by atomic mass is 32.2. The van der Waals surface area contributed by atoms with Crippen LogP contribution < -0.4 is 14.8 Å². The Hall–Kier alpha value is -4.25. The van der Waals surface area contributed by atoms with Gasteiger partial charge in [0.1, 0.15) is 11.8 Å². The number of nitrogens with zero attached hydrogens (tertiary/aromatic N) is 4. The zero-order valence-corrected chi connectivity index (χ0v) is 31.4. The molecule has 0 radical (unpaired) electrons. The maximum Gasteiger partial charge on any atom is 0.366 e. The van der Waals surface area contributed by atoms with Gasteiger partial charge in [-0.05, 0) is 48.1 Å². The quantitative estimate of drug-likeness (QED) is 0.142. The minimum Gasteiger partial charge on any atom is -0.497 e. The SMILES string of the molecule is COc1ccc(S(=O)(=O)N(CC(C)C)C[C@@H](O)[C@H](Cc2ccccc2)NC(=O)C(C(C)C)N2CCN(Cc3csc([N+](=O)[O-])c3OC)C2=O)cc1. The molecule has 2 N–H and O–H groups in total. The topological polar surface area (TPSA) is 172 Å². The van der Waals surface area contributed by atoms with Gasteiger partial charge in [0, 0.05) is 37.1 Å². The number of aliphatic hydroxyl groups excluding tert-OH is 1. The fraction of sp³-hybridized carbons (Fsp3) is 0.486. The normalized spacial score (nSPS) is 15.4. The molecule has 2 aromatic carbocycles. The van der Waals surface area contributed by atoms with Crippen LogP contribution in [-0.2, 0) is 27.8 Å². The van der Waals surface area contributed by atoms with E-state index in [9.17, 15) is 33.2 Å². The highest BCUT2D eigenvalue weighted by Gasteiger charge is 2.41. The largest absolute Gasteiger partial charge is 0.497 e. The predicted octanol–water partition coefficient (Wildman–Crippen LogP) is 4.37. The number of hydrogen-bond acceptors (Lipinski definition) is 10. The summed E-state index contributed by atoms with van der Waals surface area (Å²) in [6.07, 6.45) is -1.12. The summed E-state index contributed by atoms with van der Waals surface area (Å²) < 4.78 is 39.4. The number of nitro groups is 1. The molecule has 2 heterocycles. The zero-order valence-electron chi connectivity index (χ0n) is 29.7. The summed E-state index contributed by atoms with van der Waals surface area (Å²) >= 11 is 0.919. The van der Waals surface area contributed by atoms with E-state index in [0.29, 0.717) is 11.3 Å². The Bertz CT molecular complexity index is 1750. The molecule has 14 nitrogen and oxygen atoms in total. The summed E-state index contributed by atoms with van der Waals surface area (Å²) in [5, 5.41) is 27.6. The zero-order chi connectivity index (χ0) is 37.5. The molecule has 0 aliphatic carbocycles. The molecule has 1 aliphatic heterocycles. The molecular weight excluding hydrogens is 699 g/mol. The van der Waals surface area contributed by atoms with Gasteiger partial charge in [-0.15, -0.1) is 0 Å². The number of methoxy groups -OCH3 is 2. The van der Waals surface area contributed by atoms with Crippen molar-refractivity contribution in [2.45, 2.75) is 63.7 Å². The second kappa shape index (κ2) is 17.3. The highest BCUT2D eigenvalue weighted by Crippen LogP contribution is 2.38.